The first-order valence-electron chi connectivity index (χ1n) is 5.10. The van der Waals surface area contributed by atoms with Crippen molar-refractivity contribution in [3.05, 3.63) is 29.1 Å². The van der Waals surface area contributed by atoms with Crippen LogP contribution in [-0.2, 0) is 0 Å². The summed E-state index contributed by atoms with van der Waals surface area (Å²) in [7, 11) is 5.22. The van der Waals surface area contributed by atoms with Gasteiger partial charge in [0.25, 0.3) is 0 Å². The molecule has 4 nitrogen and oxygen atoms in total. The fourth-order valence-corrected chi connectivity index (χ4v) is 2.11. The van der Waals surface area contributed by atoms with E-state index in [9.17, 15) is 0 Å². The van der Waals surface area contributed by atoms with Gasteiger partial charge in [0, 0.05) is 24.2 Å². The Morgan fingerprint density at radius 1 is 1.18 bits per heavy atom. The summed E-state index contributed by atoms with van der Waals surface area (Å²) in [4.78, 5) is 6.26. The first-order chi connectivity index (χ1) is 8.26. The number of anilines is 2. The van der Waals surface area contributed by atoms with Crippen molar-refractivity contribution in [1.29, 1.82) is 0 Å². The highest BCUT2D eigenvalue weighted by molar-refractivity contribution is 7.07. The fourth-order valence-electron chi connectivity index (χ4n) is 1.54. The van der Waals surface area contributed by atoms with Crippen molar-refractivity contribution in [3.63, 3.8) is 0 Å². The van der Waals surface area contributed by atoms with Crippen molar-refractivity contribution in [3.8, 4) is 11.5 Å². The lowest BCUT2D eigenvalue weighted by atomic mass is 10.2. The van der Waals surface area contributed by atoms with Crippen LogP contribution in [0.15, 0.2) is 29.1 Å². The van der Waals surface area contributed by atoms with Crippen molar-refractivity contribution < 1.29 is 9.47 Å². The Morgan fingerprint density at radius 2 is 1.94 bits per heavy atom. The average molecular weight is 250 g/mol. The van der Waals surface area contributed by atoms with Crippen LogP contribution >= 0.6 is 11.3 Å². The summed E-state index contributed by atoms with van der Waals surface area (Å²) in [6.07, 6.45) is 0. The second-order valence-corrected chi connectivity index (χ2v) is 4.16. The Labute approximate surface area is 104 Å². The van der Waals surface area contributed by atoms with Crippen molar-refractivity contribution >= 4 is 22.8 Å². The van der Waals surface area contributed by atoms with E-state index in [0.29, 0.717) is 5.75 Å². The smallest absolute Gasteiger partial charge is 0.162 e. The van der Waals surface area contributed by atoms with Gasteiger partial charge >= 0.3 is 0 Å². The number of benzene rings is 1. The van der Waals surface area contributed by atoms with Crippen LogP contribution in [0.25, 0.3) is 0 Å². The highest BCUT2D eigenvalue weighted by atomic mass is 32.1. The molecular weight excluding hydrogens is 236 g/mol. The molecule has 0 spiro atoms. The van der Waals surface area contributed by atoms with Gasteiger partial charge in [0.05, 0.1) is 19.7 Å². The lowest BCUT2D eigenvalue weighted by molar-refractivity contribution is 0.355. The minimum Gasteiger partial charge on any atom is -0.493 e. The second kappa shape index (κ2) is 5.05. The van der Waals surface area contributed by atoms with E-state index < -0.39 is 0 Å². The quantitative estimate of drug-likeness (QED) is 0.835. The highest BCUT2D eigenvalue weighted by Gasteiger charge is 2.09. The summed E-state index contributed by atoms with van der Waals surface area (Å²) >= 11 is 1.57. The van der Waals surface area contributed by atoms with Gasteiger partial charge in [0.1, 0.15) is 5.82 Å². The number of nitrogens with zero attached hydrogens (tertiary/aromatic N) is 2. The molecule has 2 aromatic rings. The normalized spacial score (nSPS) is 10.1. The first kappa shape index (κ1) is 11.7. The molecule has 0 N–H and O–H groups in total. The minimum absolute atomic E-state index is 0.715. The molecule has 1 aromatic heterocycles. The summed E-state index contributed by atoms with van der Waals surface area (Å²) < 4.78 is 10.5. The molecule has 0 saturated heterocycles. The van der Waals surface area contributed by atoms with E-state index in [1.807, 2.05) is 41.0 Å². The third-order valence-electron chi connectivity index (χ3n) is 2.52. The van der Waals surface area contributed by atoms with Crippen molar-refractivity contribution in [2.75, 3.05) is 26.2 Å². The van der Waals surface area contributed by atoms with E-state index >= 15 is 0 Å². The van der Waals surface area contributed by atoms with E-state index in [2.05, 4.69) is 4.98 Å². The average Bonchev–Trinajstić information content (AvgIpc) is 2.90. The van der Waals surface area contributed by atoms with Crippen LogP contribution < -0.4 is 14.4 Å². The Morgan fingerprint density at radius 3 is 2.53 bits per heavy atom. The van der Waals surface area contributed by atoms with Gasteiger partial charge in [-0.15, -0.1) is 11.3 Å². The molecule has 0 saturated carbocycles. The van der Waals surface area contributed by atoms with Crippen molar-refractivity contribution in [1.82, 2.24) is 4.98 Å². The lowest BCUT2D eigenvalue weighted by Gasteiger charge is -2.18. The van der Waals surface area contributed by atoms with Crippen LogP contribution in [0.4, 0.5) is 11.5 Å². The number of ether oxygens (including phenoxy) is 2. The zero-order chi connectivity index (χ0) is 12.3. The van der Waals surface area contributed by atoms with Gasteiger partial charge in [-0.3, -0.25) is 0 Å². The molecule has 0 unspecified atom stereocenters. The molecule has 0 aliphatic carbocycles. The Kier molecular flexibility index (Phi) is 3.49. The topological polar surface area (TPSA) is 34.6 Å². The number of thiazole rings is 1. The van der Waals surface area contributed by atoms with Crippen LogP contribution in [0.3, 0.4) is 0 Å². The predicted molar refractivity (Wildman–Crippen MR) is 69.7 cm³/mol. The van der Waals surface area contributed by atoms with Crippen molar-refractivity contribution in [2.24, 2.45) is 0 Å². The molecule has 0 aliphatic heterocycles. The second-order valence-electron chi connectivity index (χ2n) is 3.44. The molecule has 0 amide bonds. The third-order valence-corrected chi connectivity index (χ3v) is 3.09. The van der Waals surface area contributed by atoms with E-state index in [1.165, 1.54) is 0 Å². The molecule has 0 atom stereocenters. The molecule has 0 bridgehead atoms. The molecule has 0 aliphatic rings. The highest BCUT2D eigenvalue weighted by Crippen LogP contribution is 2.33. The Bertz CT molecular complexity index is 485. The molecule has 17 heavy (non-hydrogen) atoms. The molecular formula is C12H14N2O2S. The number of hydrogen-bond donors (Lipinski definition) is 0. The largest absolute Gasteiger partial charge is 0.493 e. The van der Waals surface area contributed by atoms with E-state index in [4.69, 9.17) is 9.47 Å². The summed E-state index contributed by atoms with van der Waals surface area (Å²) in [5, 5.41) is 2.00. The zero-order valence-corrected chi connectivity index (χ0v) is 10.8. The Balaban J connectivity index is 2.33. The van der Waals surface area contributed by atoms with Gasteiger partial charge in [-0.25, -0.2) is 4.98 Å². The third kappa shape index (κ3) is 2.34. The van der Waals surface area contributed by atoms with Crippen LogP contribution in [0.5, 0.6) is 11.5 Å². The van der Waals surface area contributed by atoms with Gasteiger partial charge in [0.15, 0.2) is 11.5 Å². The molecule has 1 aromatic carbocycles. The van der Waals surface area contributed by atoms with Crippen molar-refractivity contribution in [2.45, 2.75) is 0 Å². The Hall–Kier alpha value is -1.75. The van der Waals surface area contributed by atoms with Crippen LogP contribution in [0.2, 0.25) is 0 Å². The summed E-state index contributed by atoms with van der Waals surface area (Å²) in [5.74, 6) is 2.36. The van der Waals surface area contributed by atoms with E-state index in [1.54, 1.807) is 25.6 Å². The van der Waals surface area contributed by atoms with Gasteiger partial charge in [-0.05, 0) is 12.1 Å². The number of methoxy groups -OCH3 is 2. The maximum absolute atomic E-state index is 5.27. The summed E-state index contributed by atoms with van der Waals surface area (Å²) in [5.41, 5.74) is 2.82. The van der Waals surface area contributed by atoms with Crippen LogP contribution in [0, 0.1) is 0 Å². The summed E-state index contributed by atoms with van der Waals surface area (Å²) in [6, 6.07) is 5.79. The molecule has 2 rings (SSSR count). The standard InChI is InChI=1S/C12H14N2O2S/c1-14(12-7-17-8-13-12)9-4-5-10(15-2)11(6-9)16-3/h4-8H,1-3H3. The van der Waals surface area contributed by atoms with Gasteiger partial charge in [0.2, 0.25) is 0 Å². The molecule has 0 fully saturated rings. The maximum Gasteiger partial charge on any atom is 0.162 e. The lowest BCUT2D eigenvalue weighted by Crippen LogP contribution is -2.09. The maximum atomic E-state index is 5.27. The molecule has 5 heteroatoms. The number of rotatable bonds is 4. The molecule has 90 valence electrons. The molecule has 1 heterocycles. The number of aromatic nitrogens is 1. The van der Waals surface area contributed by atoms with Gasteiger partial charge in [-0.2, -0.15) is 0 Å². The zero-order valence-electron chi connectivity index (χ0n) is 10.0. The molecule has 0 radical (unpaired) electrons. The minimum atomic E-state index is 0.715. The summed E-state index contributed by atoms with van der Waals surface area (Å²) in [6.45, 7) is 0. The number of hydrogen-bond acceptors (Lipinski definition) is 5. The van der Waals surface area contributed by atoms with E-state index in [-0.39, 0.29) is 0 Å². The van der Waals surface area contributed by atoms with Gasteiger partial charge < -0.3 is 14.4 Å². The SMILES string of the molecule is COc1ccc(N(C)c2cscn2)cc1OC. The fraction of sp³-hybridized carbons (Fsp3) is 0.250. The monoisotopic (exact) mass is 250 g/mol. The van der Waals surface area contributed by atoms with Crippen LogP contribution in [0.1, 0.15) is 0 Å². The van der Waals surface area contributed by atoms with E-state index in [0.717, 1.165) is 17.3 Å². The van der Waals surface area contributed by atoms with Crippen LogP contribution in [-0.4, -0.2) is 26.3 Å². The predicted octanol–water partition coefficient (Wildman–Crippen LogP) is 2.93. The van der Waals surface area contributed by atoms with Gasteiger partial charge in [-0.1, -0.05) is 0 Å². The first-order valence-corrected chi connectivity index (χ1v) is 6.04.